The maximum absolute atomic E-state index is 11.0. The number of hydrogen-bond donors (Lipinski definition) is 1. The molecule has 4 rings (SSSR count). The van der Waals surface area contributed by atoms with E-state index in [4.69, 9.17) is 11.3 Å². The molecular formula is C21H29NO2. The van der Waals surface area contributed by atoms with Crippen molar-refractivity contribution in [3.8, 4) is 12.3 Å². The van der Waals surface area contributed by atoms with Crippen molar-refractivity contribution in [2.45, 2.75) is 63.9 Å². The number of aliphatic hydroxyl groups is 1. The van der Waals surface area contributed by atoms with E-state index in [1.807, 2.05) is 0 Å². The van der Waals surface area contributed by atoms with Crippen LogP contribution in [0.3, 0.4) is 0 Å². The summed E-state index contributed by atoms with van der Waals surface area (Å²) in [6.45, 7) is 2.26. The Morgan fingerprint density at radius 1 is 1.21 bits per heavy atom. The molecule has 3 nitrogen and oxygen atoms in total. The van der Waals surface area contributed by atoms with E-state index in [-0.39, 0.29) is 5.41 Å². The zero-order valence-electron chi connectivity index (χ0n) is 14.9. The van der Waals surface area contributed by atoms with Crippen molar-refractivity contribution in [1.29, 1.82) is 0 Å². The van der Waals surface area contributed by atoms with Gasteiger partial charge in [0.2, 0.25) is 0 Å². The van der Waals surface area contributed by atoms with Crippen molar-refractivity contribution in [3.63, 3.8) is 0 Å². The molecule has 0 heterocycles. The van der Waals surface area contributed by atoms with Gasteiger partial charge in [-0.1, -0.05) is 23.6 Å². The molecule has 0 aromatic carbocycles. The van der Waals surface area contributed by atoms with Crippen LogP contribution in [-0.2, 0) is 4.84 Å². The van der Waals surface area contributed by atoms with Gasteiger partial charge in [-0.3, -0.25) is 0 Å². The molecule has 0 unspecified atom stereocenters. The van der Waals surface area contributed by atoms with Gasteiger partial charge in [-0.2, -0.15) is 0 Å². The predicted octanol–water partition coefficient (Wildman–Crippen LogP) is 3.93. The van der Waals surface area contributed by atoms with Gasteiger partial charge in [0.1, 0.15) is 12.7 Å². The second-order valence-corrected chi connectivity index (χ2v) is 8.60. The second-order valence-electron chi connectivity index (χ2n) is 8.60. The molecule has 3 fully saturated rings. The van der Waals surface area contributed by atoms with Gasteiger partial charge in [0.05, 0.1) is 5.71 Å². The maximum atomic E-state index is 11.0. The normalized spacial score (nSPS) is 48.8. The summed E-state index contributed by atoms with van der Waals surface area (Å²) in [5.74, 6) is 5.57. The van der Waals surface area contributed by atoms with Gasteiger partial charge in [-0.05, 0) is 81.1 Å². The van der Waals surface area contributed by atoms with Crippen LogP contribution < -0.4 is 0 Å². The summed E-state index contributed by atoms with van der Waals surface area (Å²) >= 11 is 0. The van der Waals surface area contributed by atoms with E-state index in [1.165, 1.54) is 25.7 Å². The standard InChI is InChI=1S/C21H29NO2/c1-4-21(23)12-10-19-18-7-5-14-13-15(22-24-3)6-8-16(14)17(18)9-11-20(19,21)2/h1,13,16-19,23H,5-12H2,2-3H3/t16-,17+,18+,19-,20-,21-/m0/s1. The lowest BCUT2D eigenvalue weighted by Crippen LogP contribution is -2.52. The number of hydrogen-bond acceptors (Lipinski definition) is 3. The molecule has 0 spiro atoms. The minimum Gasteiger partial charge on any atom is -0.399 e. The maximum Gasteiger partial charge on any atom is 0.130 e. The van der Waals surface area contributed by atoms with Crippen LogP contribution in [0.5, 0.6) is 0 Å². The molecule has 0 saturated heterocycles. The third-order valence-electron chi connectivity index (χ3n) is 7.91. The quantitative estimate of drug-likeness (QED) is 0.586. The third-order valence-corrected chi connectivity index (χ3v) is 7.91. The number of fused-ring (bicyclic) bond motifs is 5. The van der Waals surface area contributed by atoms with Crippen LogP contribution in [-0.4, -0.2) is 23.5 Å². The number of nitrogens with zero attached hydrogens (tertiary/aromatic N) is 1. The first-order chi connectivity index (χ1) is 11.5. The summed E-state index contributed by atoms with van der Waals surface area (Å²) in [5.41, 5.74) is 1.72. The highest BCUT2D eigenvalue weighted by Gasteiger charge is 2.61. The smallest absolute Gasteiger partial charge is 0.130 e. The van der Waals surface area contributed by atoms with Crippen LogP contribution >= 0.6 is 0 Å². The minimum absolute atomic E-state index is 0.0819. The van der Waals surface area contributed by atoms with Crippen molar-refractivity contribution in [2.24, 2.45) is 34.2 Å². The summed E-state index contributed by atoms with van der Waals surface area (Å²) in [7, 11) is 1.63. The SMILES string of the molecule is C#C[C@]1(O)CC[C@H]2[C@@H]3CCC4=CC(=NOC)CC[C@@H]4[C@H]3CC[C@@]21C. The van der Waals surface area contributed by atoms with Gasteiger partial charge < -0.3 is 9.94 Å². The van der Waals surface area contributed by atoms with E-state index >= 15 is 0 Å². The van der Waals surface area contributed by atoms with E-state index < -0.39 is 5.60 Å². The molecule has 0 radical (unpaired) electrons. The van der Waals surface area contributed by atoms with E-state index in [0.29, 0.717) is 11.8 Å². The average Bonchev–Trinajstić information content (AvgIpc) is 2.87. The Hall–Kier alpha value is -1.27. The van der Waals surface area contributed by atoms with E-state index in [2.05, 4.69) is 24.1 Å². The van der Waals surface area contributed by atoms with E-state index in [1.54, 1.807) is 12.7 Å². The Morgan fingerprint density at radius 3 is 2.79 bits per heavy atom. The fourth-order valence-electron chi connectivity index (χ4n) is 6.64. The molecule has 0 aromatic heterocycles. The van der Waals surface area contributed by atoms with Gasteiger partial charge in [-0.15, -0.1) is 6.42 Å². The molecule has 3 heteroatoms. The van der Waals surface area contributed by atoms with Crippen LogP contribution in [0.15, 0.2) is 16.8 Å². The van der Waals surface area contributed by atoms with Crippen LogP contribution in [0.2, 0.25) is 0 Å². The molecule has 0 amide bonds. The molecule has 4 aliphatic rings. The molecule has 6 atom stereocenters. The molecule has 0 bridgehead atoms. The number of rotatable bonds is 1. The summed E-state index contributed by atoms with van der Waals surface area (Å²) in [5, 5.41) is 15.2. The first kappa shape index (κ1) is 16.2. The predicted molar refractivity (Wildman–Crippen MR) is 95.3 cm³/mol. The van der Waals surface area contributed by atoms with Gasteiger partial charge in [-0.25, -0.2) is 0 Å². The first-order valence-electron chi connectivity index (χ1n) is 9.53. The largest absolute Gasteiger partial charge is 0.399 e. The lowest BCUT2D eigenvalue weighted by Gasteiger charge is -2.54. The molecule has 130 valence electrons. The van der Waals surface area contributed by atoms with Crippen molar-refractivity contribution in [2.75, 3.05) is 7.11 Å². The molecule has 3 saturated carbocycles. The van der Waals surface area contributed by atoms with Crippen LogP contribution in [0.1, 0.15) is 58.3 Å². The Labute approximate surface area is 145 Å². The fraction of sp³-hybridized carbons (Fsp3) is 0.762. The van der Waals surface area contributed by atoms with Gasteiger partial charge >= 0.3 is 0 Å². The first-order valence-corrected chi connectivity index (χ1v) is 9.53. The number of oxime groups is 1. The van der Waals surface area contributed by atoms with Crippen LogP contribution in [0.25, 0.3) is 0 Å². The average molecular weight is 327 g/mol. The Balaban J connectivity index is 1.61. The fourth-order valence-corrected chi connectivity index (χ4v) is 6.64. The van der Waals surface area contributed by atoms with E-state index in [9.17, 15) is 5.11 Å². The monoisotopic (exact) mass is 327 g/mol. The molecule has 24 heavy (non-hydrogen) atoms. The highest BCUT2D eigenvalue weighted by molar-refractivity contribution is 5.96. The van der Waals surface area contributed by atoms with Crippen LogP contribution in [0.4, 0.5) is 0 Å². The summed E-state index contributed by atoms with van der Waals surface area (Å²) in [6.07, 6.45) is 16.9. The molecule has 0 aliphatic heterocycles. The highest BCUT2D eigenvalue weighted by atomic mass is 16.6. The Bertz CT molecular complexity index is 630. The Morgan fingerprint density at radius 2 is 2.04 bits per heavy atom. The van der Waals surface area contributed by atoms with E-state index in [0.717, 1.165) is 43.2 Å². The summed E-state index contributed by atoms with van der Waals surface area (Å²) in [6, 6.07) is 0. The topological polar surface area (TPSA) is 41.8 Å². The van der Waals surface area contributed by atoms with Crippen LogP contribution in [0, 0.1) is 41.4 Å². The highest BCUT2D eigenvalue weighted by Crippen LogP contribution is 2.64. The molecular weight excluding hydrogens is 298 g/mol. The minimum atomic E-state index is -0.885. The zero-order valence-corrected chi connectivity index (χ0v) is 14.9. The van der Waals surface area contributed by atoms with Crippen molar-refractivity contribution in [1.82, 2.24) is 0 Å². The zero-order chi connectivity index (χ0) is 16.9. The number of terminal acetylenes is 1. The Kier molecular flexibility index (Phi) is 3.80. The second kappa shape index (κ2) is 5.63. The third kappa shape index (κ3) is 2.12. The molecule has 1 N–H and O–H groups in total. The lowest BCUT2D eigenvalue weighted by atomic mass is 9.50. The molecule has 0 aromatic rings. The van der Waals surface area contributed by atoms with Gasteiger partial charge in [0.25, 0.3) is 0 Å². The lowest BCUT2D eigenvalue weighted by molar-refractivity contribution is -0.0852. The van der Waals surface area contributed by atoms with Crippen molar-refractivity contribution < 1.29 is 9.94 Å². The summed E-state index contributed by atoms with van der Waals surface area (Å²) in [4.78, 5) is 4.97. The van der Waals surface area contributed by atoms with Gasteiger partial charge in [0, 0.05) is 5.41 Å². The van der Waals surface area contributed by atoms with Crippen molar-refractivity contribution >= 4 is 5.71 Å². The van der Waals surface area contributed by atoms with Crippen molar-refractivity contribution in [3.05, 3.63) is 11.6 Å². The molecule has 4 aliphatic carbocycles. The number of allylic oxidation sites excluding steroid dienone is 2. The summed E-state index contributed by atoms with van der Waals surface area (Å²) < 4.78 is 0. The van der Waals surface area contributed by atoms with Gasteiger partial charge in [0.15, 0.2) is 0 Å².